The lowest BCUT2D eigenvalue weighted by Crippen LogP contribution is -2.32. The number of likely N-dealkylation sites (N-methyl/N-ethyl adjacent to an activating group) is 1. The Kier molecular flexibility index (Phi) is 6.22. The van der Waals surface area contributed by atoms with E-state index in [-0.39, 0.29) is 5.97 Å². The lowest BCUT2D eigenvalue weighted by molar-refractivity contribution is -0.138. The van der Waals surface area contributed by atoms with E-state index in [9.17, 15) is 4.79 Å². The molecule has 0 radical (unpaired) electrons. The fourth-order valence-corrected chi connectivity index (χ4v) is 2.06. The average Bonchev–Trinajstić information content (AvgIpc) is 2.30. The molecule has 0 spiro atoms. The van der Waals surface area contributed by atoms with E-state index in [1.54, 1.807) is 6.92 Å². The summed E-state index contributed by atoms with van der Waals surface area (Å²) in [4.78, 5) is 13.5. The number of nitrogens with zero attached hydrogens (tertiary/aromatic N) is 1. The Labute approximate surface area is 104 Å². The van der Waals surface area contributed by atoms with E-state index in [1.807, 2.05) is 7.05 Å². The zero-order chi connectivity index (χ0) is 12.7. The summed E-state index contributed by atoms with van der Waals surface area (Å²) in [6.07, 6.45) is 2.21. The summed E-state index contributed by atoms with van der Waals surface area (Å²) in [5.74, 6) is 0.384. The van der Waals surface area contributed by atoms with Crippen molar-refractivity contribution < 1.29 is 14.3 Å². The highest BCUT2D eigenvalue weighted by atomic mass is 16.5. The fourth-order valence-electron chi connectivity index (χ4n) is 2.06. The SMILES string of the molecule is C=C(CN(C)CC1CCOCC1)C(=O)OCC. The molecule has 0 aromatic heterocycles. The summed E-state index contributed by atoms with van der Waals surface area (Å²) >= 11 is 0. The lowest BCUT2D eigenvalue weighted by Gasteiger charge is -2.27. The van der Waals surface area contributed by atoms with Gasteiger partial charge in [-0.1, -0.05) is 6.58 Å². The van der Waals surface area contributed by atoms with Gasteiger partial charge in [0, 0.05) is 31.9 Å². The Balaban J connectivity index is 2.25. The predicted octanol–water partition coefficient (Wildman–Crippen LogP) is 1.46. The van der Waals surface area contributed by atoms with Crippen LogP contribution in [-0.4, -0.2) is 50.8 Å². The molecule has 0 amide bonds. The van der Waals surface area contributed by atoms with Gasteiger partial charge in [-0.05, 0) is 32.7 Å². The molecule has 0 aromatic rings. The largest absolute Gasteiger partial charge is 0.463 e. The van der Waals surface area contributed by atoms with E-state index < -0.39 is 0 Å². The molecule has 4 heteroatoms. The average molecular weight is 241 g/mol. The summed E-state index contributed by atoms with van der Waals surface area (Å²) in [5, 5.41) is 0. The van der Waals surface area contributed by atoms with Crippen LogP contribution in [0.1, 0.15) is 19.8 Å². The summed E-state index contributed by atoms with van der Waals surface area (Å²) < 4.78 is 10.2. The molecule has 1 rings (SSSR count). The third-order valence-electron chi connectivity index (χ3n) is 2.94. The predicted molar refractivity (Wildman–Crippen MR) is 66.8 cm³/mol. The minimum absolute atomic E-state index is 0.286. The summed E-state index contributed by atoms with van der Waals surface area (Å²) in [7, 11) is 2.01. The van der Waals surface area contributed by atoms with Gasteiger partial charge >= 0.3 is 5.97 Å². The molecule has 1 aliphatic heterocycles. The summed E-state index contributed by atoms with van der Waals surface area (Å²) in [6.45, 7) is 9.26. The Morgan fingerprint density at radius 3 is 2.71 bits per heavy atom. The van der Waals surface area contributed by atoms with Crippen molar-refractivity contribution in [3.8, 4) is 0 Å². The molecule has 1 heterocycles. The van der Waals surface area contributed by atoms with Gasteiger partial charge in [-0.3, -0.25) is 0 Å². The number of carbonyl (C=O) groups is 1. The first-order valence-corrected chi connectivity index (χ1v) is 6.24. The molecule has 98 valence electrons. The topological polar surface area (TPSA) is 38.8 Å². The zero-order valence-electron chi connectivity index (χ0n) is 10.9. The smallest absolute Gasteiger partial charge is 0.334 e. The molecule has 0 N–H and O–H groups in total. The molecular weight excluding hydrogens is 218 g/mol. The van der Waals surface area contributed by atoms with Gasteiger partial charge in [-0.25, -0.2) is 4.79 Å². The third-order valence-corrected chi connectivity index (χ3v) is 2.94. The molecule has 1 aliphatic rings. The number of rotatable bonds is 6. The minimum Gasteiger partial charge on any atom is -0.463 e. The van der Waals surface area contributed by atoms with Crippen molar-refractivity contribution in [2.24, 2.45) is 5.92 Å². The Bertz CT molecular complexity index is 259. The van der Waals surface area contributed by atoms with Crippen LogP contribution in [0.3, 0.4) is 0 Å². The molecule has 0 atom stereocenters. The van der Waals surface area contributed by atoms with Crippen LogP contribution in [0.25, 0.3) is 0 Å². The van der Waals surface area contributed by atoms with E-state index in [4.69, 9.17) is 9.47 Å². The van der Waals surface area contributed by atoms with E-state index in [0.29, 0.717) is 24.6 Å². The normalized spacial score (nSPS) is 17.1. The summed E-state index contributed by atoms with van der Waals surface area (Å²) in [6, 6.07) is 0. The van der Waals surface area contributed by atoms with Gasteiger partial charge in [0.15, 0.2) is 0 Å². The Morgan fingerprint density at radius 1 is 1.47 bits per heavy atom. The van der Waals surface area contributed by atoms with Gasteiger partial charge in [0.25, 0.3) is 0 Å². The molecule has 0 bridgehead atoms. The maximum absolute atomic E-state index is 11.4. The van der Waals surface area contributed by atoms with Crippen LogP contribution in [0.15, 0.2) is 12.2 Å². The Morgan fingerprint density at radius 2 is 2.12 bits per heavy atom. The molecule has 0 saturated carbocycles. The molecule has 0 unspecified atom stereocenters. The maximum Gasteiger partial charge on any atom is 0.334 e. The first kappa shape index (κ1) is 14.2. The van der Waals surface area contributed by atoms with Gasteiger partial charge in [0.05, 0.1) is 6.61 Å². The van der Waals surface area contributed by atoms with Gasteiger partial charge in [0.2, 0.25) is 0 Å². The van der Waals surface area contributed by atoms with Crippen LogP contribution in [0.2, 0.25) is 0 Å². The molecule has 0 aliphatic carbocycles. The fraction of sp³-hybridized carbons (Fsp3) is 0.769. The zero-order valence-corrected chi connectivity index (χ0v) is 10.9. The molecule has 1 fully saturated rings. The van der Waals surface area contributed by atoms with Crippen molar-refractivity contribution in [2.45, 2.75) is 19.8 Å². The van der Waals surface area contributed by atoms with Crippen molar-refractivity contribution in [3.05, 3.63) is 12.2 Å². The van der Waals surface area contributed by atoms with Crippen LogP contribution >= 0.6 is 0 Å². The van der Waals surface area contributed by atoms with Gasteiger partial charge < -0.3 is 14.4 Å². The highest BCUT2D eigenvalue weighted by Gasteiger charge is 2.17. The maximum atomic E-state index is 11.4. The number of hydrogen-bond donors (Lipinski definition) is 0. The number of carbonyl (C=O) groups excluding carboxylic acids is 1. The second-order valence-corrected chi connectivity index (χ2v) is 4.58. The monoisotopic (exact) mass is 241 g/mol. The first-order valence-electron chi connectivity index (χ1n) is 6.24. The highest BCUT2D eigenvalue weighted by Crippen LogP contribution is 2.15. The van der Waals surface area contributed by atoms with Crippen molar-refractivity contribution in [1.82, 2.24) is 4.90 Å². The van der Waals surface area contributed by atoms with Crippen molar-refractivity contribution in [1.29, 1.82) is 0 Å². The van der Waals surface area contributed by atoms with E-state index in [2.05, 4.69) is 11.5 Å². The molecule has 1 saturated heterocycles. The van der Waals surface area contributed by atoms with E-state index in [1.165, 1.54) is 0 Å². The second-order valence-electron chi connectivity index (χ2n) is 4.58. The standard InChI is InChI=1S/C13H23NO3/c1-4-17-13(15)11(2)9-14(3)10-12-5-7-16-8-6-12/h12H,2,4-10H2,1,3H3. The number of hydrogen-bond acceptors (Lipinski definition) is 4. The van der Waals surface area contributed by atoms with Crippen LogP contribution in [0, 0.1) is 5.92 Å². The van der Waals surface area contributed by atoms with Crippen molar-refractivity contribution in [3.63, 3.8) is 0 Å². The summed E-state index contributed by atoms with van der Waals surface area (Å²) in [5.41, 5.74) is 0.529. The van der Waals surface area contributed by atoms with Crippen molar-refractivity contribution >= 4 is 5.97 Å². The van der Waals surface area contributed by atoms with Crippen LogP contribution < -0.4 is 0 Å². The Hall–Kier alpha value is -0.870. The minimum atomic E-state index is -0.286. The van der Waals surface area contributed by atoms with Gasteiger partial charge in [-0.2, -0.15) is 0 Å². The van der Waals surface area contributed by atoms with Gasteiger partial charge in [0.1, 0.15) is 0 Å². The molecular formula is C13H23NO3. The lowest BCUT2D eigenvalue weighted by atomic mass is 10.00. The molecule has 17 heavy (non-hydrogen) atoms. The van der Waals surface area contributed by atoms with E-state index in [0.717, 1.165) is 32.6 Å². The van der Waals surface area contributed by atoms with Crippen molar-refractivity contribution in [2.75, 3.05) is 40.0 Å². The number of ether oxygens (including phenoxy) is 2. The van der Waals surface area contributed by atoms with Crippen LogP contribution in [-0.2, 0) is 14.3 Å². The van der Waals surface area contributed by atoms with Gasteiger partial charge in [-0.15, -0.1) is 0 Å². The molecule has 0 aromatic carbocycles. The third kappa shape index (κ3) is 5.33. The number of esters is 1. The quantitative estimate of drug-likeness (QED) is 0.521. The highest BCUT2D eigenvalue weighted by molar-refractivity contribution is 5.88. The molecule has 4 nitrogen and oxygen atoms in total. The van der Waals surface area contributed by atoms with Crippen LogP contribution in [0.4, 0.5) is 0 Å². The second kappa shape index (κ2) is 7.45. The van der Waals surface area contributed by atoms with E-state index >= 15 is 0 Å². The van der Waals surface area contributed by atoms with Crippen LogP contribution in [0.5, 0.6) is 0 Å². The first-order chi connectivity index (χ1) is 8.13.